The van der Waals surface area contributed by atoms with E-state index in [9.17, 15) is 21.6 Å². The maximum atomic E-state index is 13.2. The Bertz CT molecular complexity index is 1440. The van der Waals surface area contributed by atoms with Gasteiger partial charge in [0.2, 0.25) is 26.0 Å². The van der Waals surface area contributed by atoms with E-state index in [1.807, 2.05) is 30.3 Å². The highest BCUT2D eigenvalue weighted by molar-refractivity contribution is 9.10. The molecule has 0 unspecified atom stereocenters. The van der Waals surface area contributed by atoms with E-state index in [2.05, 4.69) is 26.0 Å². The minimum Gasteiger partial charge on any atom is -0.351 e. The van der Waals surface area contributed by atoms with Crippen LogP contribution in [0.1, 0.15) is 30.4 Å². The fourth-order valence-corrected chi connectivity index (χ4v) is 7.23. The summed E-state index contributed by atoms with van der Waals surface area (Å²) in [6.45, 7) is 1.17. The van der Waals surface area contributed by atoms with Crippen LogP contribution in [0.4, 0.5) is 0 Å². The van der Waals surface area contributed by atoms with Gasteiger partial charge in [-0.3, -0.25) is 4.79 Å². The zero-order chi connectivity index (χ0) is 27.2. The van der Waals surface area contributed by atoms with Gasteiger partial charge in [0.15, 0.2) is 0 Å². The van der Waals surface area contributed by atoms with Crippen molar-refractivity contribution in [3.63, 3.8) is 0 Å². The normalized spacial score (nSPS) is 15.6. The lowest BCUT2D eigenvalue weighted by Gasteiger charge is -2.25. The molecule has 202 valence electrons. The molecule has 1 aliphatic rings. The van der Waals surface area contributed by atoms with Crippen LogP contribution in [0.5, 0.6) is 0 Å². The van der Waals surface area contributed by atoms with E-state index in [1.54, 1.807) is 36.4 Å². The first-order chi connectivity index (χ1) is 18.1. The number of benzene rings is 3. The number of halogens is 1. The Morgan fingerprint density at radius 3 is 2.03 bits per heavy atom. The van der Waals surface area contributed by atoms with E-state index in [-0.39, 0.29) is 22.8 Å². The zero-order valence-electron chi connectivity index (χ0n) is 20.7. The number of carbonyl (C=O) groups is 1. The van der Waals surface area contributed by atoms with Crippen molar-refractivity contribution in [2.75, 3.05) is 13.1 Å². The molecule has 0 bridgehead atoms. The van der Waals surface area contributed by atoms with Crippen LogP contribution in [-0.2, 0) is 37.8 Å². The summed E-state index contributed by atoms with van der Waals surface area (Å²) in [6, 6.07) is 20.7. The second-order valence-corrected chi connectivity index (χ2v) is 13.7. The van der Waals surface area contributed by atoms with Crippen molar-refractivity contribution in [2.24, 2.45) is 0 Å². The van der Waals surface area contributed by atoms with Crippen molar-refractivity contribution in [3.8, 4) is 0 Å². The highest BCUT2D eigenvalue weighted by atomic mass is 79.9. The first kappa shape index (κ1) is 28.4. The van der Waals surface area contributed by atoms with E-state index in [1.165, 1.54) is 16.4 Å². The van der Waals surface area contributed by atoms with Crippen LogP contribution in [0.3, 0.4) is 0 Å². The van der Waals surface area contributed by atoms with Crippen molar-refractivity contribution < 1.29 is 21.6 Å². The van der Waals surface area contributed by atoms with Crippen LogP contribution in [-0.4, -0.2) is 46.2 Å². The molecule has 3 aromatic rings. The van der Waals surface area contributed by atoms with Gasteiger partial charge in [0, 0.05) is 24.1 Å². The van der Waals surface area contributed by atoms with Crippen LogP contribution < -0.4 is 10.0 Å². The Morgan fingerprint density at radius 2 is 1.39 bits per heavy atom. The Morgan fingerprint density at radius 1 is 0.789 bits per heavy atom. The average molecular weight is 621 g/mol. The van der Waals surface area contributed by atoms with Crippen molar-refractivity contribution in [3.05, 3.63) is 94.5 Å². The molecule has 3 aromatic carbocycles. The van der Waals surface area contributed by atoms with Gasteiger partial charge in [-0.1, -0.05) is 64.8 Å². The molecule has 2 N–H and O–H groups in total. The minimum atomic E-state index is -3.96. The molecule has 1 heterocycles. The Hall–Kier alpha value is -2.57. The second kappa shape index (κ2) is 12.5. The summed E-state index contributed by atoms with van der Waals surface area (Å²) < 4.78 is 56.6. The molecular weight excluding hydrogens is 590 g/mol. The lowest BCUT2D eigenvalue weighted by Crippen LogP contribution is -2.47. The molecule has 1 fully saturated rings. The van der Waals surface area contributed by atoms with Gasteiger partial charge in [0.25, 0.3) is 0 Å². The summed E-state index contributed by atoms with van der Waals surface area (Å²) in [5, 5.41) is 2.79. The number of rotatable bonds is 10. The monoisotopic (exact) mass is 619 g/mol. The third-order valence-corrected chi connectivity index (χ3v) is 10.3. The number of nitrogens with zero attached hydrogens (tertiary/aromatic N) is 1. The number of sulfonamides is 2. The molecule has 0 spiro atoms. The standard InChI is InChI=1S/C27H30BrN3O5S2/c28-23-11-15-24(16-12-23)37(33,34)30-26(19-21-7-3-1-4-8-21)27(32)29-20-22-9-13-25(14-10-22)38(35,36)31-17-5-2-6-18-31/h1,3-4,7-16,26,30H,2,5-6,17-20H2,(H,29,32)/t26-/m0/s1. The van der Waals surface area contributed by atoms with Gasteiger partial charge < -0.3 is 5.32 Å². The van der Waals surface area contributed by atoms with E-state index in [0.29, 0.717) is 18.7 Å². The van der Waals surface area contributed by atoms with E-state index >= 15 is 0 Å². The summed E-state index contributed by atoms with van der Waals surface area (Å²) in [7, 11) is -7.50. The first-order valence-electron chi connectivity index (χ1n) is 12.3. The molecule has 1 aliphatic heterocycles. The van der Waals surface area contributed by atoms with Gasteiger partial charge in [-0.2, -0.15) is 9.03 Å². The molecular formula is C27H30BrN3O5S2. The van der Waals surface area contributed by atoms with E-state index < -0.39 is 32.0 Å². The van der Waals surface area contributed by atoms with Crippen LogP contribution in [0, 0.1) is 0 Å². The molecule has 1 amide bonds. The molecule has 1 atom stereocenters. The highest BCUT2D eigenvalue weighted by Gasteiger charge is 2.27. The molecule has 8 nitrogen and oxygen atoms in total. The van der Waals surface area contributed by atoms with Crippen LogP contribution in [0.25, 0.3) is 0 Å². The molecule has 1 saturated heterocycles. The quantitative estimate of drug-likeness (QED) is 0.358. The molecule has 38 heavy (non-hydrogen) atoms. The smallest absolute Gasteiger partial charge is 0.243 e. The van der Waals surface area contributed by atoms with Crippen LogP contribution in [0.15, 0.2) is 93.1 Å². The van der Waals surface area contributed by atoms with Crippen LogP contribution >= 0.6 is 15.9 Å². The van der Waals surface area contributed by atoms with Gasteiger partial charge in [-0.25, -0.2) is 16.8 Å². The summed E-state index contributed by atoms with van der Waals surface area (Å²) in [5.41, 5.74) is 1.50. The van der Waals surface area contributed by atoms with Crippen molar-refractivity contribution in [2.45, 2.75) is 48.1 Å². The maximum Gasteiger partial charge on any atom is 0.243 e. The topological polar surface area (TPSA) is 113 Å². The lowest BCUT2D eigenvalue weighted by atomic mass is 10.1. The average Bonchev–Trinajstić information content (AvgIpc) is 2.93. The van der Waals surface area contributed by atoms with Gasteiger partial charge in [0.1, 0.15) is 6.04 Å². The molecule has 0 aliphatic carbocycles. The molecule has 4 rings (SSSR count). The Kier molecular flexibility index (Phi) is 9.37. The molecule has 11 heteroatoms. The van der Waals surface area contributed by atoms with Crippen molar-refractivity contribution in [1.82, 2.24) is 14.3 Å². The predicted octanol–water partition coefficient (Wildman–Crippen LogP) is 3.83. The number of hydrogen-bond donors (Lipinski definition) is 2. The third kappa shape index (κ3) is 7.29. The summed E-state index contributed by atoms with van der Waals surface area (Å²) >= 11 is 3.29. The number of carbonyl (C=O) groups excluding carboxylic acids is 1. The molecule has 0 radical (unpaired) electrons. The van der Waals surface area contributed by atoms with E-state index in [4.69, 9.17) is 0 Å². The number of piperidine rings is 1. The van der Waals surface area contributed by atoms with Gasteiger partial charge in [-0.05, 0) is 66.8 Å². The van der Waals surface area contributed by atoms with Crippen molar-refractivity contribution >= 4 is 41.9 Å². The van der Waals surface area contributed by atoms with Gasteiger partial charge in [-0.15, -0.1) is 0 Å². The Labute approximate surface area is 232 Å². The summed E-state index contributed by atoms with van der Waals surface area (Å²) in [4.78, 5) is 13.4. The number of nitrogens with one attached hydrogen (secondary N) is 2. The Balaban J connectivity index is 1.45. The summed E-state index contributed by atoms with van der Waals surface area (Å²) in [6.07, 6.45) is 2.92. The van der Waals surface area contributed by atoms with E-state index in [0.717, 1.165) is 29.3 Å². The van der Waals surface area contributed by atoms with Crippen molar-refractivity contribution in [1.29, 1.82) is 0 Å². The summed E-state index contributed by atoms with van der Waals surface area (Å²) in [5.74, 6) is -0.487. The second-order valence-electron chi connectivity index (χ2n) is 9.14. The number of amides is 1. The lowest BCUT2D eigenvalue weighted by molar-refractivity contribution is -0.122. The fourth-order valence-electron chi connectivity index (χ4n) is 4.25. The maximum absolute atomic E-state index is 13.2. The third-order valence-electron chi connectivity index (χ3n) is 6.36. The minimum absolute atomic E-state index is 0.0528. The SMILES string of the molecule is O=C(NCc1ccc(S(=O)(=O)N2CCCCC2)cc1)[C@H](Cc1ccccc1)NS(=O)(=O)c1ccc(Br)cc1. The highest BCUT2D eigenvalue weighted by Crippen LogP contribution is 2.21. The van der Waals surface area contributed by atoms with Gasteiger partial charge >= 0.3 is 0 Å². The van der Waals surface area contributed by atoms with Gasteiger partial charge in [0.05, 0.1) is 9.79 Å². The largest absolute Gasteiger partial charge is 0.351 e. The fraction of sp³-hybridized carbons (Fsp3) is 0.296. The zero-order valence-corrected chi connectivity index (χ0v) is 23.9. The molecule has 0 aromatic heterocycles. The predicted molar refractivity (Wildman–Crippen MR) is 149 cm³/mol. The number of hydrogen-bond acceptors (Lipinski definition) is 5. The van der Waals surface area contributed by atoms with Crippen LogP contribution in [0.2, 0.25) is 0 Å². The molecule has 0 saturated carbocycles. The first-order valence-corrected chi connectivity index (χ1v) is 16.1.